The van der Waals surface area contributed by atoms with Gasteiger partial charge in [0, 0.05) is 36.7 Å². The highest BCUT2D eigenvalue weighted by Gasteiger charge is 2.23. The lowest BCUT2D eigenvalue weighted by molar-refractivity contribution is 0.0710. The molecule has 1 aromatic carbocycles. The Morgan fingerprint density at radius 3 is 2.96 bits per heavy atom. The molecule has 0 atom stereocenters. The summed E-state index contributed by atoms with van der Waals surface area (Å²) in [5, 5.41) is 3.39. The summed E-state index contributed by atoms with van der Waals surface area (Å²) in [6, 6.07) is 11.7. The highest BCUT2D eigenvalue weighted by molar-refractivity contribution is 5.97. The fourth-order valence-corrected chi connectivity index (χ4v) is 3.28. The van der Waals surface area contributed by atoms with Gasteiger partial charge in [-0.3, -0.25) is 9.78 Å². The first-order valence-electron chi connectivity index (χ1n) is 8.74. The monoisotopic (exact) mass is 347 g/mol. The molecule has 0 bridgehead atoms. The number of hydrogen-bond donors (Lipinski definition) is 1. The number of benzene rings is 1. The first-order valence-corrected chi connectivity index (χ1v) is 8.74. The number of aromatic nitrogens is 3. The molecule has 0 fully saturated rings. The number of pyridine rings is 1. The fourth-order valence-electron chi connectivity index (χ4n) is 3.28. The minimum Gasteiger partial charge on any atom is -0.379 e. The number of hydrogen-bond acceptors (Lipinski definition) is 4. The van der Waals surface area contributed by atoms with Gasteiger partial charge in [-0.1, -0.05) is 12.1 Å². The standard InChI is InChI=1S/C20H21N5O/c1-15-18(20(26)24-9-10-25-14-21-12-17(25)13-24)6-4-7-19(15)23-11-16-5-2-3-8-22-16/h2-8,12,14,23H,9-11,13H2,1H3. The second-order valence-electron chi connectivity index (χ2n) is 6.46. The minimum atomic E-state index is 0.0661. The summed E-state index contributed by atoms with van der Waals surface area (Å²) in [5.74, 6) is 0.0661. The van der Waals surface area contributed by atoms with Crippen LogP contribution in [-0.2, 0) is 19.6 Å². The average Bonchev–Trinajstić information content (AvgIpc) is 3.15. The summed E-state index contributed by atoms with van der Waals surface area (Å²) < 4.78 is 2.10. The van der Waals surface area contributed by atoms with E-state index in [4.69, 9.17) is 0 Å². The number of nitrogens with zero attached hydrogens (tertiary/aromatic N) is 4. The molecule has 1 amide bonds. The van der Waals surface area contributed by atoms with E-state index in [0.29, 0.717) is 19.6 Å². The number of carbonyl (C=O) groups is 1. The molecule has 0 aliphatic carbocycles. The lowest BCUT2D eigenvalue weighted by Gasteiger charge is -2.29. The Labute approximate surface area is 152 Å². The van der Waals surface area contributed by atoms with E-state index in [9.17, 15) is 4.79 Å². The van der Waals surface area contributed by atoms with Crippen LogP contribution in [0.5, 0.6) is 0 Å². The molecule has 1 aliphatic heterocycles. The molecule has 0 saturated carbocycles. The molecule has 2 aromatic heterocycles. The largest absolute Gasteiger partial charge is 0.379 e. The van der Waals surface area contributed by atoms with Crippen molar-refractivity contribution < 1.29 is 4.79 Å². The van der Waals surface area contributed by atoms with Gasteiger partial charge >= 0.3 is 0 Å². The normalized spacial score (nSPS) is 13.3. The Morgan fingerprint density at radius 1 is 1.19 bits per heavy atom. The predicted molar refractivity (Wildman–Crippen MR) is 99.7 cm³/mol. The summed E-state index contributed by atoms with van der Waals surface area (Å²) in [5.41, 5.74) is 4.71. The zero-order valence-corrected chi connectivity index (χ0v) is 14.7. The number of anilines is 1. The van der Waals surface area contributed by atoms with E-state index in [0.717, 1.165) is 34.7 Å². The van der Waals surface area contributed by atoms with E-state index >= 15 is 0 Å². The lowest BCUT2D eigenvalue weighted by Crippen LogP contribution is -2.38. The fraction of sp³-hybridized carbons (Fsp3) is 0.250. The zero-order valence-electron chi connectivity index (χ0n) is 14.7. The number of fused-ring (bicyclic) bond motifs is 1. The number of nitrogens with one attached hydrogen (secondary N) is 1. The lowest BCUT2D eigenvalue weighted by atomic mass is 10.0. The number of rotatable bonds is 4. The molecule has 4 rings (SSSR count). The van der Waals surface area contributed by atoms with Gasteiger partial charge in [0.15, 0.2) is 0 Å². The van der Waals surface area contributed by atoms with Crippen molar-refractivity contribution in [3.63, 3.8) is 0 Å². The van der Waals surface area contributed by atoms with Crippen molar-refractivity contribution in [2.45, 2.75) is 26.6 Å². The molecular weight excluding hydrogens is 326 g/mol. The Morgan fingerprint density at radius 2 is 2.12 bits per heavy atom. The van der Waals surface area contributed by atoms with Crippen LogP contribution in [0, 0.1) is 6.92 Å². The maximum absolute atomic E-state index is 13.0. The molecule has 0 saturated heterocycles. The summed E-state index contributed by atoms with van der Waals surface area (Å²) >= 11 is 0. The second-order valence-corrected chi connectivity index (χ2v) is 6.46. The molecule has 1 aliphatic rings. The highest BCUT2D eigenvalue weighted by atomic mass is 16.2. The Balaban J connectivity index is 1.51. The number of imidazole rings is 1. The predicted octanol–water partition coefficient (Wildman–Crippen LogP) is 2.85. The van der Waals surface area contributed by atoms with E-state index in [2.05, 4.69) is 19.9 Å². The van der Waals surface area contributed by atoms with Crippen molar-refractivity contribution in [3.8, 4) is 0 Å². The van der Waals surface area contributed by atoms with Crippen LogP contribution in [0.15, 0.2) is 55.1 Å². The Hall–Kier alpha value is -3.15. The SMILES string of the molecule is Cc1c(NCc2ccccn2)cccc1C(=O)N1CCn2cncc2C1. The third-order valence-electron chi connectivity index (χ3n) is 4.80. The molecule has 0 unspecified atom stereocenters. The molecule has 6 nitrogen and oxygen atoms in total. The molecule has 26 heavy (non-hydrogen) atoms. The van der Waals surface area contributed by atoms with E-state index < -0.39 is 0 Å². The molecular formula is C20H21N5O. The van der Waals surface area contributed by atoms with Crippen LogP contribution >= 0.6 is 0 Å². The smallest absolute Gasteiger partial charge is 0.254 e. The Bertz CT molecular complexity index is 919. The minimum absolute atomic E-state index is 0.0661. The van der Waals surface area contributed by atoms with Gasteiger partial charge in [-0.15, -0.1) is 0 Å². The van der Waals surface area contributed by atoms with E-state index in [-0.39, 0.29) is 5.91 Å². The van der Waals surface area contributed by atoms with Crippen molar-refractivity contribution >= 4 is 11.6 Å². The van der Waals surface area contributed by atoms with Gasteiger partial charge < -0.3 is 14.8 Å². The van der Waals surface area contributed by atoms with E-state index in [1.54, 1.807) is 6.20 Å². The molecule has 1 N–H and O–H groups in total. The molecule has 0 radical (unpaired) electrons. The maximum Gasteiger partial charge on any atom is 0.254 e. The summed E-state index contributed by atoms with van der Waals surface area (Å²) in [7, 11) is 0. The zero-order chi connectivity index (χ0) is 17.9. The van der Waals surface area contributed by atoms with Crippen LogP contribution in [0.25, 0.3) is 0 Å². The first kappa shape index (κ1) is 16.3. The van der Waals surface area contributed by atoms with Crippen molar-refractivity contribution in [2.75, 3.05) is 11.9 Å². The van der Waals surface area contributed by atoms with Gasteiger partial charge in [0.25, 0.3) is 5.91 Å². The van der Waals surface area contributed by atoms with Crippen LogP contribution < -0.4 is 5.32 Å². The van der Waals surface area contributed by atoms with Crippen molar-refractivity contribution in [1.29, 1.82) is 0 Å². The quantitative estimate of drug-likeness (QED) is 0.788. The van der Waals surface area contributed by atoms with Crippen LogP contribution in [0.4, 0.5) is 5.69 Å². The van der Waals surface area contributed by atoms with Gasteiger partial charge in [0.2, 0.25) is 0 Å². The summed E-state index contributed by atoms with van der Waals surface area (Å²) in [6.07, 6.45) is 5.44. The average molecular weight is 347 g/mol. The maximum atomic E-state index is 13.0. The molecule has 3 heterocycles. The first-order chi connectivity index (χ1) is 12.7. The van der Waals surface area contributed by atoms with Crippen LogP contribution in [-0.4, -0.2) is 31.9 Å². The summed E-state index contributed by atoms with van der Waals surface area (Å²) in [4.78, 5) is 23.4. The molecule has 6 heteroatoms. The van der Waals surface area contributed by atoms with E-state index in [1.807, 2.05) is 60.7 Å². The van der Waals surface area contributed by atoms with Crippen molar-refractivity contribution in [1.82, 2.24) is 19.4 Å². The van der Waals surface area contributed by atoms with Crippen LogP contribution in [0.2, 0.25) is 0 Å². The van der Waals surface area contributed by atoms with Crippen molar-refractivity contribution in [3.05, 3.63) is 77.6 Å². The van der Waals surface area contributed by atoms with E-state index in [1.165, 1.54) is 0 Å². The second kappa shape index (κ2) is 7.00. The third kappa shape index (κ3) is 3.18. The van der Waals surface area contributed by atoms with Crippen molar-refractivity contribution in [2.24, 2.45) is 0 Å². The third-order valence-corrected chi connectivity index (χ3v) is 4.80. The number of amides is 1. The highest BCUT2D eigenvalue weighted by Crippen LogP contribution is 2.23. The topological polar surface area (TPSA) is 63.1 Å². The van der Waals surface area contributed by atoms with Crippen LogP contribution in [0.3, 0.4) is 0 Å². The van der Waals surface area contributed by atoms with Gasteiger partial charge in [0.05, 0.1) is 30.8 Å². The van der Waals surface area contributed by atoms with Gasteiger partial charge in [-0.05, 0) is 36.8 Å². The van der Waals surface area contributed by atoms with Gasteiger partial charge in [-0.2, -0.15) is 0 Å². The molecule has 0 spiro atoms. The van der Waals surface area contributed by atoms with Gasteiger partial charge in [0.1, 0.15) is 0 Å². The Kier molecular flexibility index (Phi) is 4.39. The van der Waals surface area contributed by atoms with Gasteiger partial charge in [-0.25, -0.2) is 4.98 Å². The number of carbonyl (C=O) groups excluding carboxylic acids is 1. The molecule has 132 valence electrons. The van der Waals surface area contributed by atoms with Crippen LogP contribution in [0.1, 0.15) is 27.3 Å². The summed E-state index contributed by atoms with van der Waals surface area (Å²) in [6.45, 7) is 4.71. The molecule has 3 aromatic rings.